The molecule has 2 aromatic carbocycles. The number of para-hydroxylation sites is 1. The third kappa shape index (κ3) is 1.53. The van der Waals surface area contributed by atoms with Crippen LogP contribution in [0.25, 0.3) is 32.8 Å². The summed E-state index contributed by atoms with van der Waals surface area (Å²) in [6.07, 6.45) is 0. The van der Waals surface area contributed by atoms with Crippen LogP contribution in [0.1, 0.15) is 5.56 Å². The Kier molecular flexibility index (Phi) is 2.18. The predicted molar refractivity (Wildman–Crippen MR) is 80.0 cm³/mol. The van der Waals surface area contributed by atoms with Crippen LogP contribution in [-0.4, -0.2) is 4.98 Å². The molecule has 0 N–H and O–H groups in total. The Bertz CT molecular complexity index is 1030. The highest BCUT2D eigenvalue weighted by Crippen LogP contribution is 2.25. The first kappa shape index (κ1) is 11.2. The zero-order chi connectivity index (χ0) is 13.7. The first-order valence-electron chi connectivity index (χ1n) is 6.45. The van der Waals surface area contributed by atoms with Crippen molar-refractivity contribution < 1.29 is 4.42 Å². The Hall–Kier alpha value is -2.68. The van der Waals surface area contributed by atoms with Crippen LogP contribution in [0, 0.1) is 6.92 Å². The van der Waals surface area contributed by atoms with Gasteiger partial charge in [0, 0.05) is 10.8 Å². The summed E-state index contributed by atoms with van der Waals surface area (Å²) in [5.41, 5.74) is 2.94. The number of pyridine rings is 1. The first-order chi connectivity index (χ1) is 9.72. The molecule has 4 aromatic rings. The molecule has 0 aliphatic carbocycles. The molecule has 0 aliphatic heterocycles. The standard InChI is InChI=1S/C17H11NO2/c1-10-6-7-15-12(8-10)16-13(17(19)20-15)9-11-4-2-3-5-14(11)18-16/h2-9H,1H3. The van der Waals surface area contributed by atoms with Crippen LogP contribution in [0.5, 0.6) is 0 Å². The minimum Gasteiger partial charge on any atom is -0.422 e. The van der Waals surface area contributed by atoms with E-state index >= 15 is 0 Å². The zero-order valence-corrected chi connectivity index (χ0v) is 10.9. The van der Waals surface area contributed by atoms with Crippen LogP contribution in [-0.2, 0) is 0 Å². The molecule has 20 heavy (non-hydrogen) atoms. The molecular formula is C17H11NO2. The van der Waals surface area contributed by atoms with Gasteiger partial charge in [0.1, 0.15) is 5.58 Å². The van der Waals surface area contributed by atoms with Crippen molar-refractivity contribution >= 4 is 32.8 Å². The fraction of sp³-hybridized carbons (Fsp3) is 0.0588. The monoisotopic (exact) mass is 261 g/mol. The molecule has 3 nitrogen and oxygen atoms in total. The van der Waals surface area contributed by atoms with E-state index in [0.717, 1.165) is 21.9 Å². The van der Waals surface area contributed by atoms with Crippen LogP contribution in [0.3, 0.4) is 0 Å². The van der Waals surface area contributed by atoms with Crippen LogP contribution in [0.15, 0.2) is 57.7 Å². The van der Waals surface area contributed by atoms with Crippen LogP contribution >= 0.6 is 0 Å². The van der Waals surface area contributed by atoms with Gasteiger partial charge in [0.05, 0.1) is 16.4 Å². The van der Waals surface area contributed by atoms with Crippen LogP contribution in [0.4, 0.5) is 0 Å². The molecule has 2 heterocycles. The van der Waals surface area contributed by atoms with Crippen molar-refractivity contribution in [2.75, 3.05) is 0 Å². The lowest BCUT2D eigenvalue weighted by Gasteiger charge is -2.04. The van der Waals surface area contributed by atoms with Crippen molar-refractivity contribution in [1.29, 1.82) is 0 Å². The van der Waals surface area contributed by atoms with Crippen molar-refractivity contribution in [1.82, 2.24) is 4.98 Å². The molecule has 0 spiro atoms. The molecule has 0 aliphatic rings. The van der Waals surface area contributed by atoms with Gasteiger partial charge in [-0.3, -0.25) is 0 Å². The molecule has 4 rings (SSSR count). The van der Waals surface area contributed by atoms with Crippen LogP contribution in [0.2, 0.25) is 0 Å². The predicted octanol–water partition coefficient (Wildman–Crippen LogP) is 3.80. The third-order valence-electron chi connectivity index (χ3n) is 3.54. The number of hydrogen-bond donors (Lipinski definition) is 0. The van der Waals surface area contributed by atoms with Gasteiger partial charge in [-0.25, -0.2) is 9.78 Å². The lowest BCUT2D eigenvalue weighted by molar-refractivity contribution is 0.569. The van der Waals surface area contributed by atoms with Gasteiger partial charge in [-0.05, 0) is 31.2 Å². The molecule has 0 radical (unpaired) electrons. The highest BCUT2D eigenvalue weighted by atomic mass is 16.4. The average Bonchev–Trinajstić information content (AvgIpc) is 2.47. The summed E-state index contributed by atoms with van der Waals surface area (Å²) in [5.74, 6) is 0. The van der Waals surface area contributed by atoms with Crippen molar-refractivity contribution in [3.05, 3.63) is 64.5 Å². The van der Waals surface area contributed by atoms with Gasteiger partial charge in [-0.2, -0.15) is 0 Å². The second kappa shape index (κ2) is 3.90. The molecule has 0 atom stereocenters. The van der Waals surface area contributed by atoms with E-state index in [-0.39, 0.29) is 5.63 Å². The Morgan fingerprint density at radius 1 is 1.00 bits per heavy atom. The van der Waals surface area contributed by atoms with Gasteiger partial charge in [-0.15, -0.1) is 0 Å². The Balaban J connectivity index is 2.32. The van der Waals surface area contributed by atoms with Gasteiger partial charge < -0.3 is 4.42 Å². The van der Waals surface area contributed by atoms with Gasteiger partial charge in [0.15, 0.2) is 0 Å². The quantitative estimate of drug-likeness (QED) is 0.275. The van der Waals surface area contributed by atoms with Crippen molar-refractivity contribution in [3.63, 3.8) is 0 Å². The highest BCUT2D eigenvalue weighted by Gasteiger charge is 2.10. The number of hydrogen-bond acceptors (Lipinski definition) is 3. The summed E-state index contributed by atoms with van der Waals surface area (Å²) in [7, 11) is 0. The number of benzene rings is 2. The second-order valence-corrected chi connectivity index (χ2v) is 4.97. The number of aryl methyl sites for hydroxylation is 1. The number of aromatic nitrogens is 1. The van der Waals surface area contributed by atoms with E-state index in [1.807, 2.05) is 55.5 Å². The van der Waals surface area contributed by atoms with E-state index in [1.165, 1.54) is 0 Å². The van der Waals surface area contributed by atoms with E-state index in [9.17, 15) is 4.79 Å². The SMILES string of the molecule is Cc1ccc2oc(=O)c3cc4ccccc4nc3c2c1. The van der Waals surface area contributed by atoms with Crippen molar-refractivity contribution in [2.45, 2.75) is 6.92 Å². The minimum atomic E-state index is -0.338. The van der Waals surface area contributed by atoms with Crippen molar-refractivity contribution in [2.24, 2.45) is 0 Å². The zero-order valence-electron chi connectivity index (χ0n) is 10.9. The van der Waals surface area contributed by atoms with Gasteiger partial charge in [0.25, 0.3) is 0 Å². The summed E-state index contributed by atoms with van der Waals surface area (Å²) in [4.78, 5) is 16.8. The molecule has 0 bridgehead atoms. The number of rotatable bonds is 0. The normalized spacial score (nSPS) is 11.4. The maximum Gasteiger partial charge on any atom is 0.345 e. The Morgan fingerprint density at radius 2 is 1.85 bits per heavy atom. The molecular weight excluding hydrogens is 250 g/mol. The van der Waals surface area contributed by atoms with E-state index in [1.54, 1.807) is 0 Å². The van der Waals surface area contributed by atoms with Crippen molar-refractivity contribution in [3.8, 4) is 0 Å². The largest absolute Gasteiger partial charge is 0.422 e. The highest BCUT2D eigenvalue weighted by molar-refractivity contribution is 6.05. The Labute approximate surface area is 114 Å². The van der Waals surface area contributed by atoms with E-state index in [4.69, 9.17) is 4.42 Å². The maximum absolute atomic E-state index is 12.1. The first-order valence-corrected chi connectivity index (χ1v) is 6.45. The fourth-order valence-electron chi connectivity index (χ4n) is 2.55. The third-order valence-corrected chi connectivity index (χ3v) is 3.54. The second-order valence-electron chi connectivity index (χ2n) is 4.97. The van der Waals surface area contributed by atoms with Gasteiger partial charge in [0.2, 0.25) is 0 Å². The summed E-state index contributed by atoms with van der Waals surface area (Å²) in [6, 6.07) is 15.4. The molecule has 0 saturated carbocycles. The molecule has 2 aromatic heterocycles. The van der Waals surface area contributed by atoms with E-state index in [2.05, 4.69) is 4.98 Å². The van der Waals surface area contributed by atoms with E-state index in [0.29, 0.717) is 16.5 Å². The summed E-state index contributed by atoms with van der Waals surface area (Å²) < 4.78 is 5.38. The summed E-state index contributed by atoms with van der Waals surface area (Å²) in [6.45, 7) is 2.01. The Morgan fingerprint density at radius 3 is 2.75 bits per heavy atom. The molecule has 0 fully saturated rings. The molecule has 0 saturated heterocycles. The fourth-order valence-corrected chi connectivity index (χ4v) is 2.55. The summed E-state index contributed by atoms with van der Waals surface area (Å²) in [5, 5.41) is 2.35. The van der Waals surface area contributed by atoms with E-state index < -0.39 is 0 Å². The van der Waals surface area contributed by atoms with Gasteiger partial charge in [-0.1, -0.05) is 29.8 Å². The maximum atomic E-state index is 12.1. The number of nitrogens with zero attached hydrogens (tertiary/aromatic N) is 1. The average molecular weight is 261 g/mol. The molecule has 96 valence electrons. The lowest BCUT2D eigenvalue weighted by atomic mass is 10.1. The molecule has 3 heteroatoms. The van der Waals surface area contributed by atoms with Gasteiger partial charge >= 0.3 is 5.63 Å². The topological polar surface area (TPSA) is 43.1 Å². The van der Waals surface area contributed by atoms with Crippen LogP contribution < -0.4 is 5.63 Å². The lowest BCUT2D eigenvalue weighted by Crippen LogP contribution is -2.01. The molecule has 0 amide bonds. The minimum absolute atomic E-state index is 0.338. The summed E-state index contributed by atoms with van der Waals surface area (Å²) >= 11 is 0. The smallest absolute Gasteiger partial charge is 0.345 e. The molecule has 0 unspecified atom stereocenters. The number of fused-ring (bicyclic) bond motifs is 4.